The quantitative estimate of drug-likeness (QED) is 0.849. The third kappa shape index (κ3) is 2.87. The van der Waals surface area contributed by atoms with Crippen LogP contribution in [0.4, 0.5) is 17.6 Å². The van der Waals surface area contributed by atoms with Crippen molar-refractivity contribution in [2.24, 2.45) is 0 Å². The molecule has 1 N–H and O–H groups in total. The molecule has 1 saturated heterocycles. The Morgan fingerprint density at radius 2 is 2.00 bits per heavy atom. The van der Waals surface area contributed by atoms with Gasteiger partial charge in [-0.1, -0.05) is 17.7 Å². The van der Waals surface area contributed by atoms with E-state index in [2.05, 4.69) is 4.84 Å². The number of carbonyl (C=O) groups is 1. The maximum absolute atomic E-state index is 13.2. The average molecular weight is 314 g/mol. The van der Waals surface area contributed by atoms with Crippen molar-refractivity contribution in [3.05, 3.63) is 34.6 Å². The van der Waals surface area contributed by atoms with Crippen LogP contribution in [0, 0.1) is 5.82 Å². The highest BCUT2D eigenvalue weighted by atomic mass is 35.5. The lowest BCUT2D eigenvalue weighted by Gasteiger charge is -2.44. The van der Waals surface area contributed by atoms with Gasteiger partial charge in [0.25, 0.3) is 0 Å². The molecule has 0 aromatic heterocycles. The molecule has 1 heterocycles. The first-order valence-electron chi connectivity index (χ1n) is 5.34. The Balaban J connectivity index is 2.00. The summed E-state index contributed by atoms with van der Waals surface area (Å²) in [5.41, 5.74) is -1.45. The summed E-state index contributed by atoms with van der Waals surface area (Å²) in [7, 11) is 0. The van der Waals surface area contributed by atoms with E-state index >= 15 is 0 Å². The molecule has 2 rings (SSSR count). The van der Waals surface area contributed by atoms with Gasteiger partial charge in [-0.05, 0) is 17.7 Å². The lowest BCUT2D eigenvalue weighted by molar-refractivity contribution is -0.287. The van der Waals surface area contributed by atoms with Crippen molar-refractivity contribution in [2.45, 2.75) is 11.8 Å². The normalized spacial score (nSPS) is 18.5. The molecule has 110 valence electrons. The molecule has 0 saturated carbocycles. The Hall–Kier alpha value is -1.38. The zero-order valence-electron chi connectivity index (χ0n) is 9.75. The molecule has 0 bridgehead atoms. The van der Waals surface area contributed by atoms with Gasteiger partial charge in [0.2, 0.25) is 0 Å². The molecule has 1 aliphatic heterocycles. The number of rotatable bonds is 2. The van der Waals surface area contributed by atoms with Crippen LogP contribution in [0.15, 0.2) is 18.2 Å². The van der Waals surface area contributed by atoms with Gasteiger partial charge in [0.15, 0.2) is 0 Å². The second-order valence-electron chi connectivity index (χ2n) is 4.34. The molecule has 0 amide bonds. The molecule has 0 spiro atoms. The second kappa shape index (κ2) is 4.87. The first-order chi connectivity index (χ1) is 9.12. The predicted molar refractivity (Wildman–Crippen MR) is 59.0 cm³/mol. The van der Waals surface area contributed by atoms with Crippen LogP contribution in [-0.2, 0) is 15.2 Å². The smallest absolute Gasteiger partial charge is 0.382 e. The van der Waals surface area contributed by atoms with Crippen molar-refractivity contribution in [3.8, 4) is 0 Å². The first-order valence-corrected chi connectivity index (χ1v) is 5.71. The summed E-state index contributed by atoms with van der Waals surface area (Å²) in [6.45, 7) is -0.786. The van der Waals surface area contributed by atoms with Gasteiger partial charge in [0.05, 0.1) is 18.1 Å². The minimum atomic E-state index is -5.11. The summed E-state index contributed by atoms with van der Waals surface area (Å²) in [5.74, 6) is -3.13. The Morgan fingerprint density at radius 3 is 2.50 bits per heavy atom. The van der Waals surface area contributed by atoms with Gasteiger partial charge in [-0.3, -0.25) is 0 Å². The Kier molecular flexibility index (Phi) is 3.66. The average Bonchev–Trinajstić information content (AvgIpc) is 2.29. The van der Waals surface area contributed by atoms with Crippen molar-refractivity contribution in [2.75, 3.05) is 13.1 Å². The minimum Gasteiger partial charge on any atom is -0.382 e. The molecule has 4 nitrogen and oxygen atoms in total. The number of carbonyl (C=O) groups excluding carboxylic acids is 1. The molecule has 1 aromatic carbocycles. The van der Waals surface area contributed by atoms with E-state index in [0.717, 1.165) is 6.07 Å². The van der Waals surface area contributed by atoms with Crippen LogP contribution in [0.5, 0.6) is 0 Å². The van der Waals surface area contributed by atoms with Gasteiger partial charge in [0.1, 0.15) is 11.4 Å². The maximum atomic E-state index is 13.2. The van der Waals surface area contributed by atoms with Crippen LogP contribution in [-0.4, -0.2) is 35.4 Å². The van der Waals surface area contributed by atoms with E-state index in [9.17, 15) is 27.5 Å². The standard InChI is InChI=1S/C11H8ClF4NO3/c12-7-2-1-6(3-8(7)13)10(19)4-17(5-10)20-9(18)11(14,15)16/h1-3,19H,4-5H2. The van der Waals surface area contributed by atoms with Crippen LogP contribution < -0.4 is 0 Å². The first kappa shape index (κ1) is 15.0. The summed E-state index contributed by atoms with van der Waals surface area (Å²) in [5, 5.41) is 10.6. The summed E-state index contributed by atoms with van der Waals surface area (Å²) in [6, 6.07) is 3.54. The number of β-amino-alcohol motifs (C(OH)–C–C–N with tert-alkyl or cyclic N) is 1. The van der Waals surface area contributed by atoms with Crippen molar-refractivity contribution < 1.29 is 32.3 Å². The van der Waals surface area contributed by atoms with E-state index in [-0.39, 0.29) is 10.6 Å². The zero-order valence-corrected chi connectivity index (χ0v) is 10.5. The number of hydrogen-bond donors (Lipinski definition) is 1. The summed E-state index contributed by atoms with van der Waals surface area (Å²) < 4.78 is 49.1. The molecule has 1 aromatic rings. The molecule has 1 aliphatic rings. The van der Waals surface area contributed by atoms with Gasteiger partial charge in [-0.15, -0.1) is 5.06 Å². The van der Waals surface area contributed by atoms with Gasteiger partial charge in [-0.25, -0.2) is 9.18 Å². The van der Waals surface area contributed by atoms with Crippen molar-refractivity contribution in [1.29, 1.82) is 0 Å². The molecule has 0 atom stereocenters. The van der Waals surface area contributed by atoms with E-state index in [0.29, 0.717) is 5.06 Å². The largest absolute Gasteiger partial charge is 0.492 e. The van der Waals surface area contributed by atoms with Crippen LogP contribution in [0.3, 0.4) is 0 Å². The molecule has 1 fully saturated rings. The van der Waals surface area contributed by atoms with E-state index < -0.39 is 36.7 Å². The number of alkyl halides is 3. The van der Waals surface area contributed by atoms with Gasteiger partial charge in [-0.2, -0.15) is 13.2 Å². The van der Waals surface area contributed by atoms with Crippen molar-refractivity contribution >= 4 is 17.6 Å². The van der Waals surface area contributed by atoms with E-state index in [1.807, 2.05) is 0 Å². The fourth-order valence-electron chi connectivity index (χ4n) is 1.74. The highest BCUT2D eigenvalue weighted by Gasteiger charge is 2.49. The van der Waals surface area contributed by atoms with Gasteiger partial charge >= 0.3 is 12.1 Å². The number of nitrogens with zero attached hydrogens (tertiary/aromatic N) is 1. The number of aliphatic hydroxyl groups is 1. The zero-order chi connectivity index (χ0) is 15.1. The highest BCUT2D eigenvalue weighted by Crippen LogP contribution is 2.34. The predicted octanol–water partition coefficient (Wildman–Crippen LogP) is 2.00. The monoisotopic (exact) mass is 313 g/mol. The third-order valence-corrected chi connectivity index (χ3v) is 3.08. The fraction of sp³-hybridized carbons (Fsp3) is 0.364. The Bertz CT molecular complexity index is 543. The minimum absolute atomic E-state index is 0.138. The van der Waals surface area contributed by atoms with E-state index in [1.54, 1.807) is 0 Å². The SMILES string of the molecule is O=C(ON1CC(O)(c2ccc(Cl)c(F)c2)C1)C(F)(F)F. The Morgan fingerprint density at radius 1 is 1.40 bits per heavy atom. The highest BCUT2D eigenvalue weighted by molar-refractivity contribution is 6.30. The number of hydroxylamine groups is 2. The second-order valence-corrected chi connectivity index (χ2v) is 4.74. The molecular weight excluding hydrogens is 306 g/mol. The number of hydrogen-bond acceptors (Lipinski definition) is 4. The summed E-state index contributed by atoms with van der Waals surface area (Å²) >= 11 is 5.48. The molecule has 20 heavy (non-hydrogen) atoms. The Labute approximate surface area is 115 Å². The molecule has 0 aliphatic carbocycles. The van der Waals surface area contributed by atoms with Crippen LogP contribution in [0.2, 0.25) is 5.02 Å². The molecular formula is C11H8ClF4NO3. The van der Waals surface area contributed by atoms with Gasteiger partial charge < -0.3 is 9.94 Å². The fourth-order valence-corrected chi connectivity index (χ4v) is 1.86. The van der Waals surface area contributed by atoms with Crippen molar-refractivity contribution in [3.63, 3.8) is 0 Å². The lowest BCUT2D eigenvalue weighted by Crippen LogP contribution is -2.60. The van der Waals surface area contributed by atoms with Crippen molar-refractivity contribution in [1.82, 2.24) is 5.06 Å². The number of halogens is 5. The molecule has 9 heteroatoms. The summed E-state index contributed by atoms with van der Waals surface area (Å²) in [4.78, 5) is 14.6. The maximum Gasteiger partial charge on any atom is 0.492 e. The number of benzene rings is 1. The van der Waals surface area contributed by atoms with E-state index in [4.69, 9.17) is 11.6 Å². The van der Waals surface area contributed by atoms with Gasteiger partial charge in [0, 0.05) is 0 Å². The molecule has 0 unspecified atom stereocenters. The van der Waals surface area contributed by atoms with Crippen LogP contribution in [0.1, 0.15) is 5.56 Å². The lowest BCUT2D eigenvalue weighted by atomic mass is 9.88. The topological polar surface area (TPSA) is 49.8 Å². The van der Waals surface area contributed by atoms with E-state index in [1.165, 1.54) is 12.1 Å². The third-order valence-electron chi connectivity index (χ3n) is 2.78. The molecule has 0 radical (unpaired) electrons. The van der Waals surface area contributed by atoms with Crippen LogP contribution >= 0.6 is 11.6 Å². The van der Waals surface area contributed by atoms with Crippen LogP contribution in [0.25, 0.3) is 0 Å². The summed E-state index contributed by atoms with van der Waals surface area (Å²) in [6.07, 6.45) is -5.11.